The van der Waals surface area contributed by atoms with E-state index < -0.39 is 11.8 Å². The van der Waals surface area contributed by atoms with E-state index in [1.807, 2.05) is 0 Å². The van der Waals surface area contributed by atoms with E-state index in [1.165, 1.54) is 13.2 Å². The summed E-state index contributed by atoms with van der Waals surface area (Å²) in [7, 11) is 1.19. The van der Waals surface area contributed by atoms with Crippen molar-refractivity contribution < 1.29 is 18.7 Å². The van der Waals surface area contributed by atoms with Crippen molar-refractivity contribution in [2.24, 2.45) is 0 Å². The quantitative estimate of drug-likeness (QED) is 0.480. The summed E-state index contributed by atoms with van der Waals surface area (Å²) < 4.78 is 17.4. The number of carbonyl (C=O) groups excluding carboxylic acids is 2. The van der Waals surface area contributed by atoms with Gasteiger partial charge in [0, 0.05) is 6.42 Å². The minimum atomic E-state index is -0.669. The maximum Gasteiger partial charge on any atom is 0.338 e. The van der Waals surface area contributed by atoms with E-state index in [1.54, 1.807) is 0 Å². The molecular weight excluding hydrogens is 175 g/mol. The first-order valence-electron chi connectivity index (χ1n) is 3.83. The number of aldehydes is 1. The number of ether oxygens (including phenoxy) is 1. The monoisotopic (exact) mass is 184 g/mol. The minimum absolute atomic E-state index is 0.0289. The lowest BCUT2D eigenvalue weighted by atomic mass is 9.98. The average molecular weight is 184 g/mol. The Morgan fingerprint density at radius 2 is 2.38 bits per heavy atom. The van der Waals surface area contributed by atoms with E-state index in [-0.39, 0.29) is 17.6 Å². The van der Waals surface area contributed by atoms with Crippen molar-refractivity contribution in [1.82, 2.24) is 0 Å². The minimum Gasteiger partial charge on any atom is -0.465 e. The molecule has 0 fully saturated rings. The molecular formula is C9H9FO3. The maximum absolute atomic E-state index is 13.0. The zero-order chi connectivity index (χ0) is 9.84. The smallest absolute Gasteiger partial charge is 0.338 e. The van der Waals surface area contributed by atoms with Crippen molar-refractivity contribution in [2.45, 2.75) is 12.8 Å². The fourth-order valence-corrected chi connectivity index (χ4v) is 1.16. The molecule has 1 rings (SSSR count). The molecule has 0 aliphatic heterocycles. The number of esters is 1. The van der Waals surface area contributed by atoms with Gasteiger partial charge in [-0.2, -0.15) is 0 Å². The van der Waals surface area contributed by atoms with E-state index in [9.17, 15) is 14.0 Å². The average Bonchev–Trinajstić information content (AvgIpc) is 2.16. The van der Waals surface area contributed by atoms with Crippen molar-refractivity contribution in [2.75, 3.05) is 7.11 Å². The number of halogens is 1. The van der Waals surface area contributed by atoms with Gasteiger partial charge in [-0.05, 0) is 6.42 Å². The van der Waals surface area contributed by atoms with Crippen LogP contribution in [0.5, 0.6) is 0 Å². The Bertz CT molecular complexity index is 302. The van der Waals surface area contributed by atoms with Gasteiger partial charge >= 0.3 is 5.97 Å². The number of allylic oxidation sites excluding steroid dienone is 2. The van der Waals surface area contributed by atoms with Gasteiger partial charge in [0.05, 0.1) is 18.3 Å². The summed E-state index contributed by atoms with van der Waals surface area (Å²) in [5.41, 5.74) is -0.153. The van der Waals surface area contributed by atoms with Crippen LogP contribution in [-0.4, -0.2) is 19.4 Å². The molecule has 0 heterocycles. The zero-order valence-electron chi connectivity index (χ0n) is 7.17. The van der Waals surface area contributed by atoms with Crippen LogP contribution in [0.3, 0.4) is 0 Å². The molecule has 0 saturated carbocycles. The van der Waals surface area contributed by atoms with Crippen molar-refractivity contribution in [3.05, 3.63) is 23.0 Å². The highest BCUT2D eigenvalue weighted by molar-refractivity contribution is 6.02. The van der Waals surface area contributed by atoms with Crippen molar-refractivity contribution in [3.63, 3.8) is 0 Å². The van der Waals surface area contributed by atoms with E-state index >= 15 is 0 Å². The molecule has 0 aromatic carbocycles. The lowest BCUT2D eigenvalue weighted by Gasteiger charge is -2.10. The number of hydrogen-bond donors (Lipinski definition) is 0. The summed E-state index contributed by atoms with van der Waals surface area (Å²) >= 11 is 0. The molecule has 0 saturated heterocycles. The van der Waals surface area contributed by atoms with Crippen molar-refractivity contribution in [1.29, 1.82) is 0 Å². The molecule has 1 aliphatic rings. The molecule has 3 nitrogen and oxygen atoms in total. The highest BCUT2D eigenvalue weighted by atomic mass is 19.1. The number of carbonyl (C=O) groups is 2. The van der Waals surface area contributed by atoms with Gasteiger partial charge in [-0.3, -0.25) is 4.79 Å². The summed E-state index contributed by atoms with van der Waals surface area (Å²) in [6.07, 6.45) is 2.46. The molecule has 0 aromatic heterocycles. The standard InChI is InChI=1S/C9H9FO3/c1-13-9(12)6-3-2-4-8(10)7(6)5-11/h3,5H,2,4H2,1H3. The van der Waals surface area contributed by atoms with Gasteiger partial charge in [0.2, 0.25) is 0 Å². The molecule has 70 valence electrons. The van der Waals surface area contributed by atoms with Gasteiger partial charge < -0.3 is 4.74 Å². The fourth-order valence-electron chi connectivity index (χ4n) is 1.16. The Morgan fingerprint density at radius 3 is 2.92 bits per heavy atom. The molecule has 0 N–H and O–H groups in total. The molecule has 0 unspecified atom stereocenters. The van der Waals surface area contributed by atoms with Crippen LogP contribution in [0.25, 0.3) is 0 Å². The largest absolute Gasteiger partial charge is 0.465 e. The zero-order valence-corrected chi connectivity index (χ0v) is 7.17. The van der Waals surface area contributed by atoms with E-state index in [0.717, 1.165) is 0 Å². The predicted molar refractivity (Wildman–Crippen MR) is 43.5 cm³/mol. The van der Waals surface area contributed by atoms with Crippen molar-refractivity contribution in [3.8, 4) is 0 Å². The van der Waals surface area contributed by atoms with Gasteiger partial charge in [-0.25, -0.2) is 9.18 Å². The maximum atomic E-state index is 13.0. The SMILES string of the molecule is COC(=O)C1=CCCC(F)=C1C=O. The second kappa shape index (κ2) is 3.98. The van der Waals surface area contributed by atoms with Crippen LogP contribution in [0.4, 0.5) is 4.39 Å². The van der Waals surface area contributed by atoms with Crippen LogP contribution >= 0.6 is 0 Å². The topological polar surface area (TPSA) is 43.4 Å². The van der Waals surface area contributed by atoms with Crippen molar-refractivity contribution >= 4 is 12.3 Å². The van der Waals surface area contributed by atoms with Crippen LogP contribution in [0.1, 0.15) is 12.8 Å². The van der Waals surface area contributed by atoms with Crippen LogP contribution in [0, 0.1) is 0 Å². The third-order valence-corrected chi connectivity index (χ3v) is 1.82. The van der Waals surface area contributed by atoms with Gasteiger partial charge in [-0.1, -0.05) is 6.08 Å². The second-order valence-electron chi connectivity index (χ2n) is 2.58. The predicted octanol–water partition coefficient (Wildman–Crippen LogP) is 1.30. The Hall–Kier alpha value is -1.45. The number of rotatable bonds is 2. The van der Waals surface area contributed by atoms with Gasteiger partial charge in [0.15, 0.2) is 6.29 Å². The third kappa shape index (κ3) is 1.83. The van der Waals surface area contributed by atoms with Gasteiger partial charge in [-0.15, -0.1) is 0 Å². The second-order valence-corrected chi connectivity index (χ2v) is 2.58. The fraction of sp³-hybridized carbons (Fsp3) is 0.333. The first kappa shape index (κ1) is 9.64. The molecule has 13 heavy (non-hydrogen) atoms. The molecule has 1 aliphatic carbocycles. The lowest BCUT2D eigenvalue weighted by Crippen LogP contribution is -2.11. The highest BCUT2D eigenvalue weighted by Crippen LogP contribution is 2.25. The van der Waals surface area contributed by atoms with E-state index in [0.29, 0.717) is 12.7 Å². The summed E-state index contributed by atoms with van der Waals surface area (Å²) in [6, 6.07) is 0. The van der Waals surface area contributed by atoms with Crippen LogP contribution in [-0.2, 0) is 14.3 Å². The summed E-state index contributed by atoms with van der Waals surface area (Å²) in [5, 5.41) is 0. The first-order chi connectivity index (χ1) is 6.20. The summed E-state index contributed by atoms with van der Waals surface area (Å²) in [5.74, 6) is -1.21. The molecule has 0 amide bonds. The van der Waals surface area contributed by atoms with E-state index in [4.69, 9.17) is 0 Å². The molecule has 0 bridgehead atoms. The molecule has 0 spiro atoms. The normalized spacial score (nSPS) is 16.6. The Balaban J connectivity index is 3.02. The number of hydrogen-bond acceptors (Lipinski definition) is 3. The first-order valence-corrected chi connectivity index (χ1v) is 3.83. The van der Waals surface area contributed by atoms with Crippen LogP contribution < -0.4 is 0 Å². The molecule has 4 heteroatoms. The Morgan fingerprint density at radius 1 is 1.69 bits per heavy atom. The van der Waals surface area contributed by atoms with Crippen LogP contribution in [0.15, 0.2) is 23.0 Å². The number of methoxy groups -OCH3 is 1. The van der Waals surface area contributed by atoms with Gasteiger partial charge in [0.25, 0.3) is 0 Å². The molecule has 0 aromatic rings. The summed E-state index contributed by atoms with van der Waals surface area (Å²) in [6.45, 7) is 0. The lowest BCUT2D eigenvalue weighted by molar-refractivity contribution is -0.136. The van der Waals surface area contributed by atoms with E-state index in [2.05, 4.69) is 4.74 Å². The Kier molecular flexibility index (Phi) is 2.95. The highest BCUT2D eigenvalue weighted by Gasteiger charge is 2.21. The Labute approximate surface area is 74.9 Å². The van der Waals surface area contributed by atoms with Gasteiger partial charge in [0.1, 0.15) is 5.83 Å². The third-order valence-electron chi connectivity index (χ3n) is 1.82. The summed E-state index contributed by atoms with van der Waals surface area (Å²) in [4.78, 5) is 21.5. The molecule has 0 radical (unpaired) electrons. The van der Waals surface area contributed by atoms with Crippen LogP contribution in [0.2, 0.25) is 0 Å². The molecule has 0 atom stereocenters.